The summed E-state index contributed by atoms with van der Waals surface area (Å²) in [4.78, 5) is 25.0. The van der Waals surface area contributed by atoms with Crippen molar-refractivity contribution in [2.45, 2.75) is 11.8 Å². The highest BCUT2D eigenvalue weighted by molar-refractivity contribution is 5.90. The Balaban J connectivity index is 0.829. The third-order valence-electron chi connectivity index (χ3n) is 16.6. The van der Waals surface area contributed by atoms with Crippen LogP contribution in [0.15, 0.2) is 279 Å². The van der Waals surface area contributed by atoms with Crippen LogP contribution in [0.25, 0.3) is 117 Å². The second kappa shape index (κ2) is 20.9. The van der Waals surface area contributed by atoms with Crippen LogP contribution in [0.5, 0.6) is 0 Å². The fourth-order valence-corrected chi connectivity index (χ4v) is 12.7. The van der Waals surface area contributed by atoms with E-state index < -0.39 is 0 Å². The number of hydrogen-bond donors (Lipinski definition) is 0. The van der Waals surface area contributed by atoms with E-state index in [1.807, 2.05) is 91.0 Å². The fraction of sp³-hybridized carbons (Fsp3) is 0.0256. The van der Waals surface area contributed by atoms with E-state index >= 15 is 0 Å². The zero-order valence-corrected chi connectivity index (χ0v) is 45.4. The summed E-state index contributed by atoms with van der Waals surface area (Å²) in [6.45, 7) is 7.55. The van der Waals surface area contributed by atoms with Crippen LogP contribution in [0.3, 0.4) is 0 Å². The summed E-state index contributed by atoms with van der Waals surface area (Å²) < 4.78 is 0. The number of aromatic nitrogens is 4. The molecule has 0 saturated carbocycles. The van der Waals surface area contributed by atoms with Gasteiger partial charge in [-0.25, -0.2) is 24.8 Å². The molecule has 0 aliphatic heterocycles. The highest BCUT2D eigenvalue weighted by Crippen LogP contribution is 2.57. The van der Waals surface area contributed by atoms with Gasteiger partial charge >= 0.3 is 0 Å². The van der Waals surface area contributed by atoms with E-state index in [9.17, 15) is 5.26 Å². The summed E-state index contributed by atoms with van der Waals surface area (Å²) in [6.07, 6.45) is 0. The van der Waals surface area contributed by atoms with Crippen molar-refractivity contribution in [1.29, 1.82) is 5.26 Å². The third kappa shape index (κ3) is 8.75. The number of rotatable bonds is 10. The fourth-order valence-electron chi connectivity index (χ4n) is 12.7. The predicted octanol–water partition coefficient (Wildman–Crippen LogP) is 19.3. The molecule has 2 heterocycles. The Hall–Kier alpha value is -11.4. The normalized spacial score (nSPS) is 13.5. The van der Waals surface area contributed by atoms with E-state index in [1.54, 1.807) is 0 Å². The first-order valence-corrected chi connectivity index (χ1v) is 28.2. The lowest BCUT2D eigenvalue weighted by Crippen LogP contribution is -2.27. The van der Waals surface area contributed by atoms with Gasteiger partial charge in [0.2, 0.25) is 0 Å². The Labute approximate surface area is 487 Å². The van der Waals surface area contributed by atoms with Gasteiger partial charge in [-0.3, -0.25) is 0 Å². The molecule has 2 aromatic heterocycles. The average Bonchev–Trinajstić information content (AvgIpc) is 0.808. The summed E-state index contributed by atoms with van der Waals surface area (Å²) in [5, 5.41) is 9.58. The molecule has 0 N–H and O–H groups in total. The Bertz CT molecular complexity index is 4500. The lowest BCUT2D eigenvalue weighted by molar-refractivity contribution is 0.755. The van der Waals surface area contributed by atoms with E-state index in [0.717, 1.165) is 101 Å². The van der Waals surface area contributed by atoms with Crippen molar-refractivity contribution in [3.8, 4) is 118 Å². The van der Waals surface area contributed by atoms with E-state index in [4.69, 9.17) is 26.5 Å². The number of benzene rings is 11. The van der Waals surface area contributed by atoms with Crippen LogP contribution in [-0.2, 0) is 0 Å². The summed E-state index contributed by atoms with van der Waals surface area (Å²) in [5.41, 5.74) is 26.8. The first-order chi connectivity index (χ1) is 41.5. The standard InChI is InChI=1S/C78H48N6/c1-80-56-40-36-51(37-41-56)58-23-9-13-27-62(58)73-47-74(83-77(82-73)53-20-6-3-7-21-53)63-28-14-10-24-59(63)54-38-42-66-69(44-54)75-64-29-15-16-30-65(64)76(66)70-45-55(39-43-67(70)75)60-25-11-17-31-68(60)78-81-71(52-18-4-2-5-19-52)46-72(84-78)61-26-12-8-22-57(61)50-34-32-49(48-79)33-35-50/h2-47,75-76H. The highest BCUT2D eigenvalue weighted by atomic mass is 14.9. The number of hydrogen-bond acceptors (Lipinski definition) is 5. The molecule has 3 aliphatic rings. The topological polar surface area (TPSA) is 79.7 Å². The summed E-state index contributed by atoms with van der Waals surface area (Å²) >= 11 is 0. The van der Waals surface area contributed by atoms with Gasteiger partial charge in [0.15, 0.2) is 17.3 Å². The molecule has 2 atom stereocenters. The zero-order chi connectivity index (χ0) is 56.1. The van der Waals surface area contributed by atoms with Crippen LogP contribution in [0.1, 0.15) is 50.8 Å². The minimum atomic E-state index is 0.0195. The molecule has 3 aliphatic carbocycles. The minimum Gasteiger partial charge on any atom is -0.238 e. The van der Waals surface area contributed by atoms with Gasteiger partial charge < -0.3 is 0 Å². The SMILES string of the molecule is [C-]#[N+]c1ccc(-c2ccccc2-c2cc(-c3ccccc3-c3ccc4c(c3)C3c5ccccc5C4c4cc(-c5ccccc5-c5nc(-c6ccccc6)cc(-c6ccccc6-c6ccc(C#N)cc6)n5)ccc43)nc(-c3ccccc3)n2)cc1. The van der Waals surface area contributed by atoms with Gasteiger partial charge in [-0.15, -0.1) is 0 Å². The summed E-state index contributed by atoms with van der Waals surface area (Å²) in [6, 6.07) is 99.6. The van der Waals surface area contributed by atoms with Crippen molar-refractivity contribution in [2.24, 2.45) is 0 Å². The van der Waals surface area contributed by atoms with Gasteiger partial charge in [-0.1, -0.05) is 243 Å². The molecule has 390 valence electrons. The van der Waals surface area contributed by atoms with E-state index in [2.05, 4.69) is 199 Å². The Morgan fingerprint density at radius 1 is 0.286 bits per heavy atom. The largest absolute Gasteiger partial charge is 0.238 e. The summed E-state index contributed by atoms with van der Waals surface area (Å²) in [5.74, 6) is 1.33. The highest BCUT2D eigenvalue weighted by Gasteiger charge is 2.41. The van der Waals surface area contributed by atoms with E-state index in [1.165, 1.54) is 33.4 Å². The smallest absolute Gasteiger partial charge is 0.187 e. The second-order valence-corrected chi connectivity index (χ2v) is 21.4. The van der Waals surface area contributed by atoms with Crippen LogP contribution in [0, 0.1) is 17.9 Å². The van der Waals surface area contributed by atoms with Crippen LogP contribution >= 0.6 is 0 Å². The maximum absolute atomic E-state index is 9.58. The number of nitrogens with zero attached hydrogens (tertiary/aromatic N) is 6. The lowest BCUT2D eigenvalue weighted by Gasteiger charge is -2.42. The molecule has 0 fully saturated rings. The molecule has 0 saturated heterocycles. The van der Waals surface area contributed by atoms with Gasteiger partial charge in [0.1, 0.15) is 0 Å². The molecule has 0 spiro atoms. The van der Waals surface area contributed by atoms with Gasteiger partial charge in [0, 0.05) is 45.2 Å². The number of nitriles is 1. The molecule has 2 bridgehead atoms. The Morgan fingerprint density at radius 3 is 1.13 bits per heavy atom. The molecule has 11 aromatic carbocycles. The van der Waals surface area contributed by atoms with Crippen LogP contribution in [0.4, 0.5) is 5.69 Å². The predicted molar refractivity (Wildman–Crippen MR) is 338 cm³/mol. The first-order valence-electron chi connectivity index (χ1n) is 28.2. The molecule has 16 rings (SSSR count). The maximum Gasteiger partial charge on any atom is 0.187 e. The average molecular weight is 1070 g/mol. The molecule has 6 heteroatoms. The maximum atomic E-state index is 9.58. The molecule has 84 heavy (non-hydrogen) atoms. The van der Waals surface area contributed by atoms with Crippen molar-refractivity contribution >= 4 is 5.69 Å². The van der Waals surface area contributed by atoms with Gasteiger partial charge in [0.25, 0.3) is 0 Å². The van der Waals surface area contributed by atoms with Crippen molar-refractivity contribution in [3.05, 3.63) is 329 Å². The molecule has 13 aromatic rings. The monoisotopic (exact) mass is 1070 g/mol. The van der Waals surface area contributed by atoms with Crippen LogP contribution in [0.2, 0.25) is 0 Å². The minimum absolute atomic E-state index is 0.0195. The van der Waals surface area contributed by atoms with Crippen molar-refractivity contribution in [1.82, 2.24) is 19.9 Å². The third-order valence-corrected chi connectivity index (χ3v) is 16.6. The first kappa shape index (κ1) is 49.6. The van der Waals surface area contributed by atoms with Crippen LogP contribution < -0.4 is 0 Å². The Kier molecular flexibility index (Phi) is 12.3. The second-order valence-electron chi connectivity index (χ2n) is 21.4. The zero-order valence-electron chi connectivity index (χ0n) is 45.4. The van der Waals surface area contributed by atoms with Gasteiger partial charge in [-0.05, 0) is 114 Å². The molecule has 6 nitrogen and oxygen atoms in total. The van der Waals surface area contributed by atoms with Gasteiger partial charge in [-0.2, -0.15) is 5.26 Å². The molecule has 0 radical (unpaired) electrons. The molecule has 2 unspecified atom stereocenters. The van der Waals surface area contributed by atoms with Crippen molar-refractivity contribution < 1.29 is 0 Å². The van der Waals surface area contributed by atoms with E-state index in [-0.39, 0.29) is 11.8 Å². The van der Waals surface area contributed by atoms with E-state index in [0.29, 0.717) is 22.9 Å². The van der Waals surface area contributed by atoms with Crippen LogP contribution in [-0.4, -0.2) is 19.9 Å². The van der Waals surface area contributed by atoms with Crippen molar-refractivity contribution in [3.63, 3.8) is 0 Å². The molecular formula is C78H48N6. The Morgan fingerprint density at radius 2 is 0.643 bits per heavy atom. The molecule has 0 amide bonds. The van der Waals surface area contributed by atoms with Crippen molar-refractivity contribution in [2.75, 3.05) is 0 Å². The quantitative estimate of drug-likeness (QED) is 0.128. The summed E-state index contributed by atoms with van der Waals surface area (Å²) in [7, 11) is 0. The lowest BCUT2D eigenvalue weighted by atomic mass is 9.60. The molecular weight excluding hydrogens is 1020 g/mol. The van der Waals surface area contributed by atoms with Gasteiger partial charge in [0.05, 0.1) is 41.0 Å².